The molecular formula is C22H20F2N4O. The van der Waals surface area contributed by atoms with E-state index in [9.17, 15) is 13.6 Å². The summed E-state index contributed by atoms with van der Waals surface area (Å²) in [5.41, 5.74) is 1.61. The smallest absolute Gasteiger partial charge is 0.254 e. The summed E-state index contributed by atoms with van der Waals surface area (Å²) in [6.07, 6.45) is 1.55. The van der Waals surface area contributed by atoms with Crippen molar-refractivity contribution < 1.29 is 13.6 Å². The summed E-state index contributed by atoms with van der Waals surface area (Å²) in [6.45, 7) is 2.13. The van der Waals surface area contributed by atoms with Crippen LogP contribution in [-0.4, -0.2) is 42.0 Å². The Kier molecular flexibility index (Phi) is 5.37. The van der Waals surface area contributed by atoms with Crippen molar-refractivity contribution in [2.24, 2.45) is 0 Å². The molecule has 0 atom stereocenters. The molecule has 5 nitrogen and oxygen atoms in total. The van der Waals surface area contributed by atoms with Crippen molar-refractivity contribution in [1.82, 2.24) is 9.88 Å². The first-order valence-corrected chi connectivity index (χ1v) is 9.37. The third kappa shape index (κ3) is 4.34. The lowest BCUT2D eigenvalue weighted by molar-refractivity contribution is 0.0746. The van der Waals surface area contributed by atoms with Crippen LogP contribution in [-0.2, 0) is 0 Å². The lowest BCUT2D eigenvalue weighted by atomic mass is 10.2. The van der Waals surface area contributed by atoms with Gasteiger partial charge in [0.15, 0.2) is 0 Å². The molecule has 1 aromatic heterocycles. The van der Waals surface area contributed by atoms with Gasteiger partial charge in [-0.15, -0.1) is 0 Å². The monoisotopic (exact) mass is 394 g/mol. The fourth-order valence-electron chi connectivity index (χ4n) is 3.39. The van der Waals surface area contributed by atoms with Crippen molar-refractivity contribution in [3.05, 3.63) is 84.1 Å². The molecule has 1 N–H and O–H groups in total. The number of pyridine rings is 1. The van der Waals surface area contributed by atoms with Crippen molar-refractivity contribution in [3.63, 3.8) is 0 Å². The van der Waals surface area contributed by atoms with Gasteiger partial charge in [-0.05, 0) is 42.5 Å². The number of amides is 1. The molecule has 29 heavy (non-hydrogen) atoms. The van der Waals surface area contributed by atoms with Gasteiger partial charge in [0, 0.05) is 43.6 Å². The summed E-state index contributed by atoms with van der Waals surface area (Å²) in [7, 11) is 0. The van der Waals surface area contributed by atoms with Crippen LogP contribution in [0, 0.1) is 11.6 Å². The molecule has 1 aliphatic heterocycles. The second kappa shape index (κ2) is 8.26. The van der Waals surface area contributed by atoms with E-state index in [-0.39, 0.29) is 17.5 Å². The molecule has 0 unspecified atom stereocenters. The van der Waals surface area contributed by atoms with E-state index in [1.807, 2.05) is 4.90 Å². The quantitative estimate of drug-likeness (QED) is 0.725. The Labute approximate surface area is 167 Å². The number of benzene rings is 2. The first-order valence-electron chi connectivity index (χ1n) is 9.37. The van der Waals surface area contributed by atoms with Crippen LogP contribution in [0.2, 0.25) is 0 Å². The molecule has 148 valence electrons. The van der Waals surface area contributed by atoms with E-state index >= 15 is 0 Å². The molecule has 1 amide bonds. The van der Waals surface area contributed by atoms with E-state index in [4.69, 9.17) is 0 Å². The maximum Gasteiger partial charge on any atom is 0.254 e. The Morgan fingerprint density at radius 3 is 2.48 bits per heavy atom. The van der Waals surface area contributed by atoms with Gasteiger partial charge >= 0.3 is 0 Å². The van der Waals surface area contributed by atoms with E-state index in [0.717, 1.165) is 0 Å². The summed E-state index contributed by atoms with van der Waals surface area (Å²) in [6, 6.07) is 16.0. The van der Waals surface area contributed by atoms with Gasteiger partial charge in [-0.1, -0.05) is 18.2 Å². The van der Waals surface area contributed by atoms with Gasteiger partial charge in [-0.2, -0.15) is 0 Å². The van der Waals surface area contributed by atoms with Gasteiger partial charge in [-0.3, -0.25) is 4.79 Å². The molecule has 2 aromatic carbocycles. The largest absolute Gasteiger partial charge is 0.366 e. The van der Waals surface area contributed by atoms with Crippen LogP contribution in [0.15, 0.2) is 66.9 Å². The van der Waals surface area contributed by atoms with Crippen LogP contribution >= 0.6 is 0 Å². The van der Waals surface area contributed by atoms with E-state index in [1.165, 1.54) is 18.2 Å². The van der Waals surface area contributed by atoms with Crippen molar-refractivity contribution in [3.8, 4) is 0 Å². The number of nitrogens with zero attached hydrogens (tertiary/aromatic N) is 3. The fourth-order valence-corrected chi connectivity index (χ4v) is 3.39. The van der Waals surface area contributed by atoms with Crippen LogP contribution in [0.25, 0.3) is 0 Å². The molecule has 0 saturated carbocycles. The summed E-state index contributed by atoms with van der Waals surface area (Å²) in [4.78, 5) is 20.8. The number of aromatic nitrogens is 1. The van der Waals surface area contributed by atoms with E-state index in [1.54, 1.807) is 53.6 Å². The van der Waals surface area contributed by atoms with E-state index < -0.39 is 0 Å². The molecule has 0 aliphatic carbocycles. The lowest BCUT2D eigenvalue weighted by Gasteiger charge is -2.36. The predicted molar refractivity (Wildman–Crippen MR) is 108 cm³/mol. The summed E-state index contributed by atoms with van der Waals surface area (Å²) >= 11 is 0. The van der Waals surface area contributed by atoms with Gasteiger partial charge in [0.25, 0.3) is 5.91 Å². The first-order chi connectivity index (χ1) is 14.1. The second-order valence-electron chi connectivity index (χ2n) is 6.80. The average Bonchev–Trinajstić information content (AvgIpc) is 2.74. The van der Waals surface area contributed by atoms with Crippen LogP contribution < -0.4 is 10.2 Å². The average molecular weight is 394 g/mol. The summed E-state index contributed by atoms with van der Waals surface area (Å²) < 4.78 is 27.3. The Morgan fingerprint density at radius 2 is 1.72 bits per heavy atom. The Hall–Kier alpha value is -3.48. The van der Waals surface area contributed by atoms with Crippen molar-refractivity contribution in [2.75, 3.05) is 36.4 Å². The number of piperazine rings is 1. The number of hydrogen-bond donors (Lipinski definition) is 1. The minimum atomic E-state index is -0.352. The van der Waals surface area contributed by atoms with Crippen LogP contribution in [0.3, 0.4) is 0 Å². The summed E-state index contributed by atoms with van der Waals surface area (Å²) in [5, 5.41) is 3.01. The predicted octanol–water partition coefficient (Wildman–Crippen LogP) is 4.07. The standard InChI is InChI=1S/C22H20F2N4O/c23-17-4-3-5-18(15-17)26-21-14-16(8-9-25-21)22(29)28-12-10-27(11-13-28)20-7-2-1-6-19(20)24/h1-9,14-15H,10-13H2,(H,25,26). The third-order valence-corrected chi connectivity index (χ3v) is 4.86. The molecule has 2 heterocycles. The second-order valence-corrected chi connectivity index (χ2v) is 6.80. The molecular weight excluding hydrogens is 374 g/mol. The highest BCUT2D eigenvalue weighted by molar-refractivity contribution is 5.95. The van der Waals surface area contributed by atoms with Gasteiger partial charge < -0.3 is 15.1 Å². The highest BCUT2D eigenvalue weighted by Crippen LogP contribution is 2.21. The normalized spacial score (nSPS) is 14.0. The van der Waals surface area contributed by atoms with Crippen LogP contribution in [0.1, 0.15) is 10.4 Å². The Morgan fingerprint density at radius 1 is 0.931 bits per heavy atom. The molecule has 4 rings (SSSR count). The molecule has 0 radical (unpaired) electrons. The van der Waals surface area contributed by atoms with Gasteiger partial charge in [-0.25, -0.2) is 13.8 Å². The van der Waals surface area contributed by atoms with Gasteiger partial charge in [0.05, 0.1) is 5.69 Å². The number of carbonyl (C=O) groups excluding carboxylic acids is 1. The molecule has 0 bridgehead atoms. The number of halogens is 2. The van der Waals surface area contributed by atoms with Crippen molar-refractivity contribution in [2.45, 2.75) is 0 Å². The summed E-state index contributed by atoms with van der Waals surface area (Å²) in [5.74, 6) is -0.251. The zero-order valence-corrected chi connectivity index (χ0v) is 15.7. The maximum atomic E-state index is 14.0. The number of anilines is 3. The number of hydrogen-bond acceptors (Lipinski definition) is 4. The molecule has 0 spiro atoms. The zero-order chi connectivity index (χ0) is 20.2. The van der Waals surface area contributed by atoms with Crippen LogP contribution in [0.4, 0.5) is 26.0 Å². The Bertz CT molecular complexity index is 1020. The molecule has 3 aromatic rings. The van der Waals surface area contributed by atoms with E-state index in [0.29, 0.717) is 48.9 Å². The topological polar surface area (TPSA) is 48.5 Å². The SMILES string of the molecule is O=C(c1ccnc(Nc2cccc(F)c2)c1)N1CCN(c2ccccc2F)CC1. The van der Waals surface area contributed by atoms with Gasteiger partial charge in [0.1, 0.15) is 17.5 Å². The number of nitrogens with one attached hydrogen (secondary N) is 1. The van der Waals surface area contributed by atoms with Gasteiger partial charge in [0.2, 0.25) is 0 Å². The lowest BCUT2D eigenvalue weighted by Crippen LogP contribution is -2.49. The molecule has 1 saturated heterocycles. The van der Waals surface area contributed by atoms with Crippen LogP contribution in [0.5, 0.6) is 0 Å². The fraction of sp³-hybridized carbons (Fsp3) is 0.182. The Balaban J connectivity index is 1.42. The molecule has 1 fully saturated rings. The maximum absolute atomic E-state index is 14.0. The zero-order valence-electron chi connectivity index (χ0n) is 15.7. The number of rotatable bonds is 4. The number of carbonyl (C=O) groups is 1. The van der Waals surface area contributed by atoms with E-state index in [2.05, 4.69) is 10.3 Å². The third-order valence-electron chi connectivity index (χ3n) is 4.86. The van der Waals surface area contributed by atoms with Crippen molar-refractivity contribution in [1.29, 1.82) is 0 Å². The highest BCUT2D eigenvalue weighted by atomic mass is 19.1. The molecule has 7 heteroatoms. The van der Waals surface area contributed by atoms with Crippen molar-refractivity contribution >= 4 is 23.1 Å². The number of para-hydroxylation sites is 1. The minimum Gasteiger partial charge on any atom is -0.366 e. The molecule has 1 aliphatic rings. The first kappa shape index (κ1) is 18.9. The highest BCUT2D eigenvalue weighted by Gasteiger charge is 2.23. The minimum absolute atomic E-state index is 0.108.